The normalized spacial score (nSPS) is 16.1. The van der Waals surface area contributed by atoms with Gasteiger partial charge in [-0.1, -0.05) is 12.1 Å². The fourth-order valence-electron chi connectivity index (χ4n) is 3.84. The summed E-state index contributed by atoms with van der Waals surface area (Å²) in [5.41, 5.74) is 1.90. The molecule has 34 heavy (non-hydrogen) atoms. The molecule has 3 aromatic heterocycles. The van der Waals surface area contributed by atoms with Crippen molar-refractivity contribution in [3.8, 4) is 5.69 Å². The molecule has 5 rings (SSSR count). The number of imidazole rings is 1. The molecule has 0 radical (unpaired) electrons. The van der Waals surface area contributed by atoms with Gasteiger partial charge in [0.05, 0.1) is 30.6 Å². The van der Waals surface area contributed by atoms with E-state index in [1.54, 1.807) is 37.5 Å². The van der Waals surface area contributed by atoms with E-state index in [-0.39, 0.29) is 30.6 Å². The van der Waals surface area contributed by atoms with Crippen LogP contribution < -0.4 is 21.5 Å². The number of carbonyl (C=O) groups is 1. The molecule has 10 nitrogen and oxygen atoms in total. The minimum Gasteiger partial charge on any atom is -0.386 e. The van der Waals surface area contributed by atoms with Gasteiger partial charge < -0.3 is 20.7 Å². The van der Waals surface area contributed by atoms with E-state index in [4.69, 9.17) is 4.74 Å². The molecule has 0 unspecified atom stereocenters. The molecular formula is C23H22FN7O3. The first-order valence-corrected chi connectivity index (χ1v) is 10.7. The van der Waals surface area contributed by atoms with Crippen LogP contribution in [-0.4, -0.2) is 44.8 Å². The predicted octanol–water partition coefficient (Wildman–Crippen LogP) is 2.98. The molecule has 4 bridgehead atoms. The van der Waals surface area contributed by atoms with Crippen molar-refractivity contribution in [2.24, 2.45) is 0 Å². The minimum atomic E-state index is -0.528. The number of fused-ring (bicyclic) bond motifs is 3. The molecule has 4 heterocycles. The van der Waals surface area contributed by atoms with Crippen LogP contribution in [0, 0.1) is 5.82 Å². The summed E-state index contributed by atoms with van der Waals surface area (Å²) in [7, 11) is 1.72. The lowest BCUT2D eigenvalue weighted by atomic mass is 10.2. The van der Waals surface area contributed by atoms with Gasteiger partial charge in [-0.3, -0.25) is 9.36 Å². The Bertz CT molecular complexity index is 1460. The summed E-state index contributed by atoms with van der Waals surface area (Å²) in [6.45, 7) is 2.18. The van der Waals surface area contributed by atoms with Crippen molar-refractivity contribution < 1.29 is 13.9 Å². The highest BCUT2D eigenvalue weighted by molar-refractivity contribution is 5.94. The first-order valence-electron chi connectivity index (χ1n) is 10.7. The molecular weight excluding hydrogens is 441 g/mol. The third kappa shape index (κ3) is 3.86. The van der Waals surface area contributed by atoms with E-state index in [2.05, 4.69) is 25.9 Å². The summed E-state index contributed by atoms with van der Waals surface area (Å²) in [4.78, 5) is 35.0. The molecule has 1 aliphatic heterocycles. The van der Waals surface area contributed by atoms with Gasteiger partial charge in [-0.25, -0.2) is 23.7 Å². The summed E-state index contributed by atoms with van der Waals surface area (Å²) in [5.74, 6) is -0.216. The highest BCUT2D eigenvalue weighted by atomic mass is 19.1. The lowest BCUT2D eigenvalue weighted by molar-refractivity contribution is 0.104. The van der Waals surface area contributed by atoms with Crippen LogP contribution in [0.1, 0.15) is 12.5 Å². The van der Waals surface area contributed by atoms with E-state index >= 15 is 0 Å². The van der Waals surface area contributed by atoms with E-state index < -0.39 is 17.4 Å². The zero-order valence-corrected chi connectivity index (χ0v) is 18.5. The third-order valence-electron chi connectivity index (χ3n) is 5.45. The average molecular weight is 463 g/mol. The van der Waals surface area contributed by atoms with Gasteiger partial charge in [0.2, 0.25) is 0 Å². The summed E-state index contributed by atoms with van der Waals surface area (Å²) < 4.78 is 22.9. The van der Waals surface area contributed by atoms with Gasteiger partial charge in [0.25, 0.3) is 5.56 Å². The first kappa shape index (κ1) is 21.6. The number of benzene rings is 1. The predicted molar refractivity (Wildman–Crippen MR) is 125 cm³/mol. The van der Waals surface area contributed by atoms with Crippen LogP contribution in [-0.2, 0) is 11.3 Å². The zero-order chi connectivity index (χ0) is 23.8. The van der Waals surface area contributed by atoms with Gasteiger partial charge in [-0.15, -0.1) is 0 Å². The molecule has 4 aromatic rings. The van der Waals surface area contributed by atoms with Crippen LogP contribution in [0.5, 0.6) is 0 Å². The smallest absolute Gasteiger partial charge is 0.328 e. The molecule has 174 valence electrons. The number of carbonyl (C=O) groups excluding carboxylic acids is 1. The number of pyridine rings is 2. The number of rotatable bonds is 2. The van der Waals surface area contributed by atoms with Gasteiger partial charge in [0, 0.05) is 19.3 Å². The molecule has 0 saturated heterocycles. The maximum Gasteiger partial charge on any atom is 0.328 e. The third-order valence-corrected chi connectivity index (χ3v) is 5.45. The Morgan fingerprint density at radius 1 is 1.21 bits per heavy atom. The number of halogens is 1. The fraction of sp³-hybridized carbons (Fsp3) is 0.217. The van der Waals surface area contributed by atoms with Crippen molar-refractivity contribution in [3.63, 3.8) is 0 Å². The Labute approximate surface area is 193 Å². The molecule has 1 amide bonds. The summed E-state index contributed by atoms with van der Waals surface area (Å²) in [5, 5.41) is 8.94. The number of ether oxygens (including phenoxy) is 1. The van der Waals surface area contributed by atoms with Gasteiger partial charge in [0.15, 0.2) is 5.65 Å². The maximum atomic E-state index is 14.5. The number of hydrogen-bond acceptors (Lipinski definition) is 7. The SMILES string of the molecule is CNc1cc2nc3c1ncn3C(=O)N[C@H](C)COCc1cc(c(=O)n(-c3ccccc3F)c1)N2. The van der Waals surface area contributed by atoms with Gasteiger partial charge in [0.1, 0.15) is 29.2 Å². The van der Waals surface area contributed by atoms with Crippen molar-refractivity contribution in [3.05, 3.63) is 70.7 Å². The summed E-state index contributed by atoms with van der Waals surface area (Å²) in [6, 6.07) is 8.67. The van der Waals surface area contributed by atoms with E-state index in [1.165, 1.54) is 27.6 Å². The fourth-order valence-corrected chi connectivity index (χ4v) is 3.84. The van der Waals surface area contributed by atoms with Crippen LogP contribution >= 0.6 is 0 Å². The highest BCUT2D eigenvalue weighted by Gasteiger charge is 2.19. The highest BCUT2D eigenvalue weighted by Crippen LogP contribution is 2.26. The monoisotopic (exact) mass is 463 g/mol. The second-order valence-electron chi connectivity index (χ2n) is 7.97. The second-order valence-corrected chi connectivity index (χ2v) is 7.97. The lowest BCUT2D eigenvalue weighted by Crippen LogP contribution is -2.38. The van der Waals surface area contributed by atoms with E-state index in [0.29, 0.717) is 28.2 Å². The maximum absolute atomic E-state index is 14.5. The van der Waals surface area contributed by atoms with Crippen molar-refractivity contribution in [1.29, 1.82) is 0 Å². The number of nitrogens with zero attached hydrogens (tertiary/aromatic N) is 4. The Hall–Kier alpha value is -4.25. The summed E-state index contributed by atoms with van der Waals surface area (Å²) in [6.07, 6.45) is 2.94. The van der Waals surface area contributed by atoms with Crippen LogP contribution in [0.2, 0.25) is 0 Å². The molecule has 0 fully saturated rings. The molecule has 1 aliphatic rings. The minimum absolute atomic E-state index is 0.122. The molecule has 3 N–H and O–H groups in total. The number of hydrogen-bond donors (Lipinski definition) is 3. The van der Waals surface area contributed by atoms with Crippen molar-refractivity contribution >= 4 is 34.4 Å². The zero-order valence-electron chi connectivity index (χ0n) is 18.5. The Morgan fingerprint density at radius 2 is 2.03 bits per heavy atom. The molecule has 0 saturated carbocycles. The van der Waals surface area contributed by atoms with Gasteiger partial charge >= 0.3 is 6.03 Å². The number of para-hydroxylation sites is 1. The van der Waals surface area contributed by atoms with Crippen LogP contribution in [0.4, 0.5) is 26.4 Å². The summed E-state index contributed by atoms with van der Waals surface area (Å²) >= 11 is 0. The lowest BCUT2D eigenvalue weighted by Gasteiger charge is -2.18. The van der Waals surface area contributed by atoms with Crippen LogP contribution in [0.15, 0.2) is 53.7 Å². The van der Waals surface area contributed by atoms with Gasteiger partial charge in [-0.05, 0) is 30.7 Å². The van der Waals surface area contributed by atoms with E-state index in [0.717, 1.165) is 0 Å². The van der Waals surface area contributed by atoms with E-state index in [1.807, 2.05) is 6.92 Å². The first-order chi connectivity index (χ1) is 16.4. The topological polar surface area (TPSA) is 115 Å². The molecule has 11 heteroatoms. The Kier molecular flexibility index (Phi) is 5.46. The van der Waals surface area contributed by atoms with Crippen LogP contribution in [0.3, 0.4) is 0 Å². The number of aromatic nitrogens is 4. The standard InChI is InChI=1S/C23H22FN7O3/c1-13-10-34-11-14-7-17(22(32)30(9-14)18-6-4-3-5-15(18)24)28-19-8-16(25-2)20-21(29-19)31(12-26-20)23(33)27-13/h3-9,12-13H,10-11H2,1-2H3,(H,27,33)(H2,25,28,29)/t13-/m1/s1. The molecule has 0 spiro atoms. The number of nitrogens with one attached hydrogen (secondary N) is 3. The Morgan fingerprint density at radius 3 is 2.82 bits per heavy atom. The second kappa shape index (κ2) is 8.60. The van der Waals surface area contributed by atoms with Crippen LogP contribution in [0.25, 0.3) is 16.9 Å². The molecule has 1 atom stereocenters. The van der Waals surface area contributed by atoms with Crippen molar-refractivity contribution in [2.75, 3.05) is 24.3 Å². The molecule has 1 aromatic carbocycles. The average Bonchev–Trinajstić information content (AvgIpc) is 3.24. The van der Waals surface area contributed by atoms with Gasteiger partial charge in [-0.2, -0.15) is 0 Å². The van der Waals surface area contributed by atoms with Crippen molar-refractivity contribution in [2.45, 2.75) is 19.6 Å². The Balaban J connectivity index is 1.71. The molecule has 0 aliphatic carbocycles. The van der Waals surface area contributed by atoms with E-state index in [9.17, 15) is 14.0 Å². The van der Waals surface area contributed by atoms with Crippen molar-refractivity contribution in [1.82, 2.24) is 24.4 Å². The number of anilines is 3. The quantitative estimate of drug-likeness (QED) is 0.419. The largest absolute Gasteiger partial charge is 0.386 e. The number of amides is 1.